The molecule has 1 aromatic rings. The monoisotopic (exact) mass is 227 g/mol. The fourth-order valence-electron chi connectivity index (χ4n) is 1.83. The van der Waals surface area contributed by atoms with Crippen LogP contribution in [0.5, 0.6) is 0 Å². The first-order valence-electron chi connectivity index (χ1n) is 4.98. The summed E-state index contributed by atoms with van der Waals surface area (Å²) in [7, 11) is -1.36. The molecule has 0 radical (unpaired) electrons. The molecular formula is C10H15BClNO2. The lowest BCUT2D eigenvalue weighted by atomic mass is 9.80. The van der Waals surface area contributed by atoms with Crippen LogP contribution >= 0.6 is 12.4 Å². The molecule has 1 saturated heterocycles. The Hall–Kier alpha value is -0.705. The van der Waals surface area contributed by atoms with Crippen LogP contribution in [0.1, 0.15) is 12.8 Å². The average molecular weight is 227 g/mol. The van der Waals surface area contributed by atoms with Gasteiger partial charge in [0.15, 0.2) is 0 Å². The molecule has 1 fully saturated rings. The van der Waals surface area contributed by atoms with E-state index in [-0.39, 0.29) is 12.4 Å². The Morgan fingerprint density at radius 2 is 1.53 bits per heavy atom. The van der Waals surface area contributed by atoms with Crippen molar-refractivity contribution in [3.05, 3.63) is 24.3 Å². The van der Waals surface area contributed by atoms with Crippen molar-refractivity contribution in [2.24, 2.45) is 0 Å². The molecule has 0 aromatic heterocycles. The first-order valence-corrected chi connectivity index (χ1v) is 4.98. The van der Waals surface area contributed by atoms with E-state index in [0.29, 0.717) is 5.46 Å². The maximum absolute atomic E-state index is 8.92. The summed E-state index contributed by atoms with van der Waals surface area (Å²) in [6, 6.07) is 7.41. The lowest BCUT2D eigenvalue weighted by molar-refractivity contribution is 0.426. The van der Waals surface area contributed by atoms with Crippen molar-refractivity contribution >= 4 is 30.7 Å². The lowest BCUT2D eigenvalue weighted by Crippen LogP contribution is -2.29. The van der Waals surface area contributed by atoms with E-state index in [1.165, 1.54) is 18.5 Å². The molecule has 0 unspecified atom stereocenters. The van der Waals surface area contributed by atoms with Crippen LogP contribution in [-0.2, 0) is 0 Å². The van der Waals surface area contributed by atoms with E-state index in [9.17, 15) is 0 Å². The van der Waals surface area contributed by atoms with Crippen molar-refractivity contribution in [1.29, 1.82) is 0 Å². The minimum absolute atomic E-state index is 0. The van der Waals surface area contributed by atoms with Gasteiger partial charge in [-0.15, -0.1) is 12.4 Å². The number of rotatable bonds is 2. The van der Waals surface area contributed by atoms with E-state index in [0.717, 1.165) is 13.1 Å². The summed E-state index contributed by atoms with van der Waals surface area (Å²) in [5.74, 6) is 0. The van der Waals surface area contributed by atoms with Crippen LogP contribution < -0.4 is 10.4 Å². The highest BCUT2D eigenvalue weighted by Gasteiger charge is 2.14. The minimum atomic E-state index is -1.36. The highest BCUT2D eigenvalue weighted by molar-refractivity contribution is 6.58. The molecule has 5 heteroatoms. The van der Waals surface area contributed by atoms with Crippen LogP contribution in [-0.4, -0.2) is 30.3 Å². The van der Waals surface area contributed by atoms with Gasteiger partial charge in [0.25, 0.3) is 0 Å². The van der Waals surface area contributed by atoms with Crippen LogP contribution in [0.3, 0.4) is 0 Å². The van der Waals surface area contributed by atoms with Gasteiger partial charge in [-0.05, 0) is 30.4 Å². The summed E-state index contributed by atoms with van der Waals surface area (Å²) in [5, 5.41) is 17.8. The van der Waals surface area contributed by atoms with Gasteiger partial charge in [-0.25, -0.2) is 0 Å². The molecule has 1 aliphatic heterocycles. The summed E-state index contributed by atoms with van der Waals surface area (Å²) in [6.07, 6.45) is 2.51. The molecule has 1 heterocycles. The summed E-state index contributed by atoms with van der Waals surface area (Å²) in [5.41, 5.74) is 1.72. The van der Waals surface area contributed by atoms with E-state index in [2.05, 4.69) is 4.90 Å². The molecule has 0 amide bonds. The first kappa shape index (κ1) is 12.4. The molecule has 15 heavy (non-hydrogen) atoms. The van der Waals surface area contributed by atoms with Crippen molar-refractivity contribution in [3.63, 3.8) is 0 Å². The number of hydrogen-bond donors (Lipinski definition) is 2. The third-order valence-electron chi connectivity index (χ3n) is 2.66. The van der Waals surface area contributed by atoms with Crippen LogP contribution in [0.4, 0.5) is 5.69 Å². The highest BCUT2D eigenvalue weighted by Crippen LogP contribution is 2.18. The Labute approximate surface area is 96.3 Å². The van der Waals surface area contributed by atoms with Gasteiger partial charge in [-0.3, -0.25) is 0 Å². The van der Waals surface area contributed by atoms with Crippen molar-refractivity contribution in [3.8, 4) is 0 Å². The molecular weight excluding hydrogens is 212 g/mol. The van der Waals surface area contributed by atoms with Gasteiger partial charge in [0, 0.05) is 18.8 Å². The smallest absolute Gasteiger partial charge is 0.423 e. The van der Waals surface area contributed by atoms with Crippen molar-refractivity contribution in [2.45, 2.75) is 12.8 Å². The topological polar surface area (TPSA) is 43.7 Å². The van der Waals surface area contributed by atoms with Gasteiger partial charge >= 0.3 is 7.12 Å². The summed E-state index contributed by atoms with van der Waals surface area (Å²) >= 11 is 0. The number of nitrogens with zero attached hydrogens (tertiary/aromatic N) is 1. The molecule has 3 nitrogen and oxygen atoms in total. The fraction of sp³-hybridized carbons (Fsp3) is 0.400. The van der Waals surface area contributed by atoms with E-state index in [1.807, 2.05) is 12.1 Å². The van der Waals surface area contributed by atoms with Gasteiger partial charge in [-0.2, -0.15) is 0 Å². The van der Waals surface area contributed by atoms with Crippen LogP contribution in [0.2, 0.25) is 0 Å². The van der Waals surface area contributed by atoms with Crippen molar-refractivity contribution < 1.29 is 10.0 Å². The van der Waals surface area contributed by atoms with Crippen molar-refractivity contribution in [2.75, 3.05) is 18.0 Å². The molecule has 0 bridgehead atoms. The van der Waals surface area contributed by atoms with Gasteiger partial charge < -0.3 is 14.9 Å². The summed E-state index contributed by atoms with van der Waals surface area (Å²) in [6.45, 7) is 2.22. The van der Waals surface area contributed by atoms with Gasteiger partial charge in [0.1, 0.15) is 0 Å². The molecule has 0 spiro atoms. The van der Waals surface area contributed by atoms with Gasteiger partial charge in [0.05, 0.1) is 0 Å². The van der Waals surface area contributed by atoms with E-state index >= 15 is 0 Å². The molecule has 2 N–H and O–H groups in total. The lowest BCUT2D eigenvalue weighted by Gasteiger charge is -2.17. The maximum atomic E-state index is 8.92. The zero-order valence-corrected chi connectivity index (χ0v) is 9.28. The molecule has 2 rings (SSSR count). The zero-order chi connectivity index (χ0) is 9.97. The Kier molecular flexibility index (Phi) is 4.45. The second kappa shape index (κ2) is 5.40. The number of halogens is 1. The summed E-state index contributed by atoms with van der Waals surface area (Å²) < 4.78 is 0. The van der Waals surface area contributed by atoms with Crippen molar-refractivity contribution in [1.82, 2.24) is 0 Å². The van der Waals surface area contributed by atoms with Crippen LogP contribution in [0.25, 0.3) is 0 Å². The normalized spacial score (nSPS) is 14.9. The Morgan fingerprint density at radius 1 is 1.00 bits per heavy atom. The molecule has 1 aliphatic rings. The van der Waals surface area contributed by atoms with E-state index < -0.39 is 7.12 Å². The van der Waals surface area contributed by atoms with Gasteiger partial charge in [-0.1, -0.05) is 12.1 Å². The molecule has 0 saturated carbocycles. The molecule has 82 valence electrons. The van der Waals surface area contributed by atoms with Crippen LogP contribution in [0.15, 0.2) is 24.3 Å². The average Bonchev–Trinajstić information content (AvgIpc) is 2.71. The fourth-order valence-corrected chi connectivity index (χ4v) is 1.83. The SMILES string of the molecule is Cl.OB(O)c1ccc(N2CCCC2)cc1. The van der Waals surface area contributed by atoms with E-state index in [4.69, 9.17) is 10.0 Å². The highest BCUT2D eigenvalue weighted by atomic mass is 35.5. The quantitative estimate of drug-likeness (QED) is 0.719. The van der Waals surface area contributed by atoms with Crippen LogP contribution in [0, 0.1) is 0 Å². The molecule has 0 atom stereocenters. The number of anilines is 1. The zero-order valence-electron chi connectivity index (χ0n) is 8.47. The largest absolute Gasteiger partial charge is 0.488 e. The Balaban J connectivity index is 0.00000112. The molecule has 1 aromatic carbocycles. The number of hydrogen-bond acceptors (Lipinski definition) is 3. The first-order chi connectivity index (χ1) is 6.77. The third-order valence-corrected chi connectivity index (χ3v) is 2.66. The predicted octanol–water partition coefficient (Wildman–Crippen LogP) is 0.388. The standard InChI is InChI=1S/C10H14BNO2.ClH/c13-11(14)9-3-5-10(6-4-9)12-7-1-2-8-12;/h3-6,13-14H,1-2,7-8H2;1H. The summed E-state index contributed by atoms with van der Waals surface area (Å²) in [4.78, 5) is 2.31. The Bertz CT molecular complexity index is 299. The number of benzene rings is 1. The second-order valence-electron chi connectivity index (χ2n) is 3.66. The maximum Gasteiger partial charge on any atom is 0.488 e. The molecule has 0 aliphatic carbocycles. The second-order valence-corrected chi connectivity index (χ2v) is 3.66. The van der Waals surface area contributed by atoms with Gasteiger partial charge in [0.2, 0.25) is 0 Å². The minimum Gasteiger partial charge on any atom is -0.423 e. The van der Waals surface area contributed by atoms with E-state index in [1.54, 1.807) is 12.1 Å². The third kappa shape index (κ3) is 2.87. The Morgan fingerprint density at radius 3 is 2.00 bits per heavy atom. The predicted molar refractivity (Wildman–Crippen MR) is 65.0 cm³/mol.